The van der Waals surface area contributed by atoms with Crippen LogP contribution in [-0.2, 0) is 0 Å². The monoisotopic (exact) mass is 277 g/mol. The van der Waals surface area contributed by atoms with Gasteiger partial charge in [0.25, 0.3) is 0 Å². The third kappa shape index (κ3) is 2.88. The predicted molar refractivity (Wildman–Crippen MR) is 70.6 cm³/mol. The molecule has 0 fully saturated rings. The lowest BCUT2D eigenvalue weighted by Gasteiger charge is -2.10. The van der Waals surface area contributed by atoms with Gasteiger partial charge in [0, 0.05) is 4.90 Å². The molecule has 92 valence electrons. The van der Waals surface area contributed by atoms with Gasteiger partial charge in [-0.05, 0) is 43.1 Å². The van der Waals surface area contributed by atoms with E-state index in [0.717, 1.165) is 20.6 Å². The van der Waals surface area contributed by atoms with Crippen molar-refractivity contribution in [3.05, 3.63) is 35.2 Å². The molecule has 1 unspecified atom stereocenters. The molecule has 0 saturated heterocycles. The SMILES string of the molecule is Cc1nsc(Sc2cc(C#N)ccc2C(C)O)n1. The number of rotatable bonds is 3. The summed E-state index contributed by atoms with van der Waals surface area (Å²) in [4.78, 5) is 5.12. The highest BCUT2D eigenvalue weighted by Crippen LogP contribution is 2.34. The minimum atomic E-state index is -0.575. The minimum Gasteiger partial charge on any atom is -0.389 e. The maximum Gasteiger partial charge on any atom is 0.174 e. The molecule has 0 aliphatic rings. The van der Waals surface area contributed by atoms with Gasteiger partial charge in [0.2, 0.25) is 0 Å². The molecule has 1 atom stereocenters. The fraction of sp³-hybridized carbons (Fsp3) is 0.250. The summed E-state index contributed by atoms with van der Waals surface area (Å²) in [5.74, 6) is 0.734. The van der Waals surface area contributed by atoms with Crippen LogP contribution >= 0.6 is 23.3 Å². The van der Waals surface area contributed by atoms with Crippen LogP contribution in [0.3, 0.4) is 0 Å². The summed E-state index contributed by atoms with van der Waals surface area (Å²) in [6.45, 7) is 3.54. The van der Waals surface area contributed by atoms with E-state index in [9.17, 15) is 5.11 Å². The Morgan fingerprint density at radius 3 is 2.83 bits per heavy atom. The number of benzene rings is 1. The molecule has 1 aromatic carbocycles. The first kappa shape index (κ1) is 13.0. The zero-order chi connectivity index (χ0) is 13.1. The van der Waals surface area contributed by atoms with Crippen LogP contribution in [0.5, 0.6) is 0 Å². The summed E-state index contributed by atoms with van der Waals surface area (Å²) in [6, 6.07) is 7.35. The van der Waals surface area contributed by atoms with E-state index in [0.29, 0.717) is 5.56 Å². The first-order chi connectivity index (χ1) is 8.60. The fourth-order valence-corrected chi connectivity index (χ4v) is 3.31. The fourth-order valence-electron chi connectivity index (χ4n) is 1.45. The second-order valence-corrected chi connectivity index (χ2v) is 5.79. The molecule has 0 aliphatic carbocycles. The molecule has 0 spiro atoms. The number of aliphatic hydroxyl groups is 1. The molecule has 1 heterocycles. The van der Waals surface area contributed by atoms with Crippen LogP contribution in [0.1, 0.15) is 30.0 Å². The predicted octanol–water partition coefficient (Wildman–Crippen LogP) is 2.92. The maximum atomic E-state index is 9.72. The quantitative estimate of drug-likeness (QED) is 0.934. The van der Waals surface area contributed by atoms with Crippen molar-refractivity contribution in [3.8, 4) is 6.07 Å². The summed E-state index contributed by atoms with van der Waals surface area (Å²) in [5, 5.41) is 18.6. The van der Waals surface area contributed by atoms with Gasteiger partial charge >= 0.3 is 0 Å². The van der Waals surface area contributed by atoms with Crippen molar-refractivity contribution in [2.45, 2.75) is 29.2 Å². The number of aliphatic hydroxyl groups excluding tert-OH is 1. The molecule has 1 N–H and O–H groups in total. The van der Waals surface area contributed by atoms with Gasteiger partial charge in [0.15, 0.2) is 4.34 Å². The average molecular weight is 277 g/mol. The van der Waals surface area contributed by atoms with Crippen LogP contribution in [0.15, 0.2) is 27.4 Å². The standard InChI is InChI=1S/C12H11N3OS2/c1-7(16)10-4-3-9(6-13)5-11(10)17-12-14-8(2)15-18-12/h3-5,7,16H,1-2H3. The number of nitriles is 1. The third-order valence-electron chi connectivity index (χ3n) is 2.30. The van der Waals surface area contributed by atoms with Crippen molar-refractivity contribution in [1.29, 1.82) is 5.26 Å². The molecule has 0 saturated carbocycles. The minimum absolute atomic E-state index is 0.572. The summed E-state index contributed by atoms with van der Waals surface area (Å²) in [6.07, 6.45) is -0.575. The van der Waals surface area contributed by atoms with E-state index in [1.807, 2.05) is 6.92 Å². The molecular weight excluding hydrogens is 266 g/mol. The Labute approximate surface area is 113 Å². The van der Waals surface area contributed by atoms with Crippen molar-refractivity contribution in [2.75, 3.05) is 0 Å². The van der Waals surface area contributed by atoms with Crippen molar-refractivity contribution in [3.63, 3.8) is 0 Å². The second-order valence-electron chi connectivity index (χ2n) is 3.75. The summed E-state index contributed by atoms with van der Waals surface area (Å²) >= 11 is 2.74. The largest absolute Gasteiger partial charge is 0.389 e. The number of aryl methyl sites for hydroxylation is 1. The van der Waals surface area contributed by atoms with Gasteiger partial charge in [-0.2, -0.15) is 9.64 Å². The lowest BCUT2D eigenvalue weighted by atomic mass is 10.1. The van der Waals surface area contributed by atoms with Crippen LogP contribution in [0.25, 0.3) is 0 Å². The first-order valence-electron chi connectivity index (χ1n) is 5.30. The zero-order valence-electron chi connectivity index (χ0n) is 9.91. The molecule has 0 aliphatic heterocycles. The number of hydrogen-bond acceptors (Lipinski definition) is 6. The van der Waals surface area contributed by atoms with E-state index in [4.69, 9.17) is 5.26 Å². The van der Waals surface area contributed by atoms with E-state index in [-0.39, 0.29) is 0 Å². The molecular formula is C12H11N3OS2. The Bertz CT molecular complexity index is 602. The Morgan fingerprint density at radius 1 is 1.50 bits per heavy atom. The number of nitrogens with zero attached hydrogens (tertiary/aromatic N) is 3. The molecule has 0 amide bonds. The van der Waals surface area contributed by atoms with E-state index < -0.39 is 6.10 Å². The van der Waals surface area contributed by atoms with Gasteiger partial charge in [0.1, 0.15) is 5.82 Å². The molecule has 18 heavy (non-hydrogen) atoms. The highest BCUT2D eigenvalue weighted by Gasteiger charge is 2.12. The van der Waals surface area contributed by atoms with Gasteiger partial charge < -0.3 is 5.11 Å². The second kappa shape index (κ2) is 5.48. The molecule has 1 aromatic heterocycles. The van der Waals surface area contributed by atoms with Crippen molar-refractivity contribution >= 4 is 23.3 Å². The molecule has 0 radical (unpaired) electrons. The molecule has 0 bridgehead atoms. The highest BCUT2D eigenvalue weighted by atomic mass is 32.2. The van der Waals surface area contributed by atoms with Gasteiger partial charge in [-0.3, -0.25) is 0 Å². The van der Waals surface area contributed by atoms with E-state index in [1.165, 1.54) is 23.3 Å². The number of aromatic nitrogens is 2. The molecule has 2 aromatic rings. The van der Waals surface area contributed by atoms with Crippen molar-refractivity contribution in [2.24, 2.45) is 0 Å². The van der Waals surface area contributed by atoms with Crippen LogP contribution in [0.2, 0.25) is 0 Å². The Balaban J connectivity index is 2.38. The Morgan fingerprint density at radius 2 is 2.28 bits per heavy atom. The van der Waals surface area contributed by atoms with Crippen LogP contribution in [0, 0.1) is 18.3 Å². The van der Waals surface area contributed by atoms with Gasteiger partial charge in [-0.1, -0.05) is 17.8 Å². The zero-order valence-corrected chi connectivity index (χ0v) is 11.5. The van der Waals surface area contributed by atoms with Crippen molar-refractivity contribution in [1.82, 2.24) is 9.36 Å². The van der Waals surface area contributed by atoms with E-state index in [2.05, 4.69) is 15.4 Å². The normalized spacial score (nSPS) is 12.1. The van der Waals surface area contributed by atoms with E-state index >= 15 is 0 Å². The van der Waals surface area contributed by atoms with E-state index in [1.54, 1.807) is 25.1 Å². The molecule has 6 heteroatoms. The highest BCUT2D eigenvalue weighted by molar-refractivity contribution is 8.01. The third-order valence-corrected chi connectivity index (χ3v) is 4.21. The van der Waals surface area contributed by atoms with Crippen molar-refractivity contribution < 1.29 is 5.11 Å². The maximum absolute atomic E-state index is 9.72. The average Bonchev–Trinajstić information content (AvgIpc) is 2.74. The van der Waals surface area contributed by atoms with Crippen LogP contribution in [0.4, 0.5) is 0 Å². The lowest BCUT2D eigenvalue weighted by Crippen LogP contribution is -1.94. The van der Waals surface area contributed by atoms with Crippen LogP contribution < -0.4 is 0 Å². The summed E-state index contributed by atoms with van der Waals surface area (Å²) < 4.78 is 4.92. The summed E-state index contributed by atoms with van der Waals surface area (Å²) in [5.41, 5.74) is 1.37. The topological polar surface area (TPSA) is 69.8 Å². The summed E-state index contributed by atoms with van der Waals surface area (Å²) in [7, 11) is 0. The van der Waals surface area contributed by atoms with Gasteiger partial charge in [-0.15, -0.1) is 0 Å². The smallest absolute Gasteiger partial charge is 0.174 e. The van der Waals surface area contributed by atoms with Crippen LogP contribution in [-0.4, -0.2) is 14.5 Å². The van der Waals surface area contributed by atoms with Gasteiger partial charge in [-0.25, -0.2) is 4.98 Å². The number of hydrogen-bond donors (Lipinski definition) is 1. The molecule has 2 rings (SSSR count). The first-order valence-corrected chi connectivity index (χ1v) is 6.89. The molecule has 4 nitrogen and oxygen atoms in total. The Hall–Kier alpha value is -1.42. The van der Waals surface area contributed by atoms with Gasteiger partial charge in [0.05, 0.1) is 17.7 Å². The lowest BCUT2D eigenvalue weighted by molar-refractivity contribution is 0.196. The Kier molecular flexibility index (Phi) is 3.97.